The molecule has 1 aliphatic heterocycles. The summed E-state index contributed by atoms with van der Waals surface area (Å²) in [4.78, 5) is 2.50. The molecule has 0 bridgehead atoms. The highest BCUT2D eigenvalue weighted by Crippen LogP contribution is 2.47. The second-order valence-electron chi connectivity index (χ2n) is 14.5. The van der Waals surface area contributed by atoms with Gasteiger partial charge in [-0.25, -0.2) is 0 Å². The van der Waals surface area contributed by atoms with Crippen LogP contribution >= 0.6 is 22.7 Å². The van der Waals surface area contributed by atoms with E-state index in [1.165, 1.54) is 89.9 Å². The maximum atomic E-state index is 2.54. The van der Waals surface area contributed by atoms with Crippen molar-refractivity contribution in [1.29, 1.82) is 0 Å². The maximum absolute atomic E-state index is 2.54. The van der Waals surface area contributed by atoms with Crippen molar-refractivity contribution in [2.24, 2.45) is 0 Å². The Morgan fingerprint density at radius 3 is 1.87 bits per heavy atom. The zero-order valence-electron chi connectivity index (χ0n) is 28.9. The predicted molar refractivity (Wildman–Crippen MR) is 232 cm³/mol. The average molecular weight is 716 g/mol. The van der Waals surface area contributed by atoms with Gasteiger partial charge in [0.15, 0.2) is 0 Å². The first-order valence-electron chi connectivity index (χ1n) is 17.9. The van der Waals surface area contributed by atoms with E-state index in [1.807, 2.05) is 22.7 Å². The van der Waals surface area contributed by atoms with Gasteiger partial charge in [-0.1, -0.05) is 128 Å². The summed E-state index contributed by atoms with van der Waals surface area (Å²) in [6.45, 7) is 5.08. The Labute approximate surface area is 311 Å². The standard InChI is InChI=1S/C48H33NS2Si/c1-52(2)44-27-26-39-37-13-6-8-17-43(37)51-48(39)46(44)40-25-24-35(29-45(40)52)49(41-15-9-14-38-36-12-5-7-16-42(36)50-47(38)41)34-22-20-31(21-23-34)33-19-18-30-10-3-4-11-32(30)28-33/h3-29H,1-2H3. The number of rotatable bonds is 4. The second-order valence-corrected chi connectivity index (χ2v) is 20.9. The summed E-state index contributed by atoms with van der Waals surface area (Å²) in [5.41, 5.74) is 8.94. The molecule has 0 amide bonds. The lowest BCUT2D eigenvalue weighted by molar-refractivity contribution is 1.30. The predicted octanol–water partition coefficient (Wildman–Crippen LogP) is 13.5. The molecule has 0 spiro atoms. The van der Waals surface area contributed by atoms with E-state index >= 15 is 0 Å². The molecule has 3 heterocycles. The Hall–Kier alpha value is -5.52. The third-order valence-corrected chi connectivity index (χ3v) is 17.2. The third-order valence-electron chi connectivity index (χ3n) is 11.3. The number of benzene rings is 8. The summed E-state index contributed by atoms with van der Waals surface area (Å²) in [5.74, 6) is 0. The van der Waals surface area contributed by atoms with Gasteiger partial charge in [0.2, 0.25) is 0 Å². The van der Waals surface area contributed by atoms with Gasteiger partial charge in [-0.3, -0.25) is 0 Å². The Morgan fingerprint density at radius 1 is 0.442 bits per heavy atom. The summed E-state index contributed by atoms with van der Waals surface area (Å²) >= 11 is 3.85. The van der Waals surface area contributed by atoms with Crippen molar-refractivity contribution in [2.75, 3.05) is 4.90 Å². The van der Waals surface area contributed by atoms with Crippen LogP contribution in [0.4, 0.5) is 17.1 Å². The van der Waals surface area contributed by atoms with Crippen LogP contribution < -0.4 is 15.3 Å². The van der Waals surface area contributed by atoms with Crippen LogP contribution in [0.2, 0.25) is 13.1 Å². The summed E-state index contributed by atoms with van der Waals surface area (Å²) in [6, 6.07) is 61.2. The largest absolute Gasteiger partial charge is 0.309 e. The molecule has 2 aromatic heterocycles. The smallest absolute Gasteiger partial charge is 0.114 e. The first kappa shape index (κ1) is 30.1. The molecule has 0 saturated heterocycles. The summed E-state index contributed by atoms with van der Waals surface area (Å²) in [7, 11) is -2.00. The molecule has 8 aromatic carbocycles. The van der Waals surface area contributed by atoms with Gasteiger partial charge < -0.3 is 4.90 Å². The Kier molecular flexibility index (Phi) is 6.51. The molecule has 0 aliphatic carbocycles. The molecule has 11 rings (SSSR count). The lowest BCUT2D eigenvalue weighted by Gasteiger charge is -2.28. The third kappa shape index (κ3) is 4.38. The zero-order chi connectivity index (χ0) is 34.6. The van der Waals surface area contributed by atoms with E-state index in [2.05, 4.69) is 182 Å². The van der Waals surface area contributed by atoms with Crippen LogP contribution in [0.1, 0.15) is 0 Å². The lowest BCUT2D eigenvalue weighted by Crippen LogP contribution is -2.49. The highest BCUT2D eigenvalue weighted by molar-refractivity contribution is 7.27. The number of hydrogen-bond donors (Lipinski definition) is 0. The fourth-order valence-corrected chi connectivity index (χ4v) is 14.3. The molecule has 1 nitrogen and oxygen atoms in total. The number of thiophene rings is 2. The van der Waals surface area contributed by atoms with E-state index in [0.717, 1.165) is 5.69 Å². The van der Waals surface area contributed by atoms with Gasteiger partial charge in [-0.05, 0) is 91.9 Å². The van der Waals surface area contributed by atoms with E-state index in [0.29, 0.717) is 0 Å². The van der Waals surface area contributed by atoms with E-state index < -0.39 is 8.07 Å². The van der Waals surface area contributed by atoms with Crippen molar-refractivity contribution in [3.8, 4) is 22.3 Å². The molecule has 10 aromatic rings. The number of anilines is 3. The summed E-state index contributed by atoms with van der Waals surface area (Å²) in [6.07, 6.45) is 0. The van der Waals surface area contributed by atoms with E-state index in [-0.39, 0.29) is 0 Å². The minimum absolute atomic E-state index is 1.16. The van der Waals surface area contributed by atoms with E-state index in [9.17, 15) is 0 Å². The molecule has 1 aliphatic rings. The first-order valence-corrected chi connectivity index (χ1v) is 22.6. The second kappa shape index (κ2) is 11.2. The van der Waals surface area contributed by atoms with E-state index in [1.54, 1.807) is 5.19 Å². The van der Waals surface area contributed by atoms with Crippen molar-refractivity contribution in [3.05, 3.63) is 164 Å². The molecule has 0 radical (unpaired) electrons. The van der Waals surface area contributed by atoms with Crippen LogP contribution in [0, 0.1) is 0 Å². The Morgan fingerprint density at radius 2 is 1.08 bits per heavy atom. The molecular formula is C48H33NS2Si. The van der Waals surface area contributed by atoms with Gasteiger partial charge in [0.1, 0.15) is 8.07 Å². The molecule has 52 heavy (non-hydrogen) atoms. The highest BCUT2D eigenvalue weighted by atomic mass is 32.1. The van der Waals surface area contributed by atoms with Crippen LogP contribution in [0.25, 0.3) is 73.4 Å². The quantitative estimate of drug-likeness (QED) is 0.164. The van der Waals surface area contributed by atoms with Gasteiger partial charge in [-0.2, -0.15) is 0 Å². The van der Waals surface area contributed by atoms with Gasteiger partial charge >= 0.3 is 0 Å². The molecule has 0 atom stereocenters. The Balaban J connectivity index is 1.10. The summed E-state index contributed by atoms with van der Waals surface area (Å²) in [5, 5.41) is 11.0. The zero-order valence-corrected chi connectivity index (χ0v) is 31.5. The normalized spacial score (nSPS) is 13.3. The number of hydrogen-bond acceptors (Lipinski definition) is 3. The van der Waals surface area contributed by atoms with Crippen LogP contribution in [-0.4, -0.2) is 8.07 Å². The topological polar surface area (TPSA) is 3.24 Å². The number of nitrogens with zero attached hydrogens (tertiary/aromatic N) is 1. The molecular weight excluding hydrogens is 683 g/mol. The van der Waals surface area contributed by atoms with Crippen LogP contribution in [0.5, 0.6) is 0 Å². The summed E-state index contributed by atoms with van der Waals surface area (Å²) < 4.78 is 5.43. The fraction of sp³-hybridized carbons (Fsp3) is 0.0417. The molecule has 0 unspecified atom stereocenters. The minimum atomic E-state index is -2.00. The average Bonchev–Trinajstić information content (AvgIpc) is 3.83. The van der Waals surface area contributed by atoms with Gasteiger partial charge in [0.25, 0.3) is 0 Å². The molecule has 246 valence electrons. The van der Waals surface area contributed by atoms with Crippen molar-refractivity contribution >= 4 is 109 Å². The molecule has 0 N–H and O–H groups in total. The van der Waals surface area contributed by atoms with Crippen molar-refractivity contribution in [1.82, 2.24) is 0 Å². The highest BCUT2D eigenvalue weighted by Gasteiger charge is 2.39. The SMILES string of the molecule is C[Si]1(C)c2cc(N(c3ccc(-c4ccc5ccccc5c4)cc3)c3cccc4c3sc3ccccc34)ccc2-c2c1ccc1c2sc2ccccc21. The van der Waals surface area contributed by atoms with Gasteiger partial charge in [-0.15, -0.1) is 22.7 Å². The lowest BCUT2D eigenvalue weighted by atomic mass is 10.0. The minimum Gasteiger partial charge on any atom is -0.309 e. The number of fused-ring (bicyclic) bond motifs is 11. The van der Waals surface area contributed by atoms with Crippen LogP contribution in [0.15, 0.2) is 164 Å². The molecule has 0 fully saturated rings. The van der Waals surface area contributed by atoms with Crippen LogP contribution in [-0.2, 0) is 0 Å². The van der Waals surface area contributed by atoms with Crippen LogP contribution in [0.3, 0.4) is 0 Å². The van der Waals surface area contributed by atoms with Crippen molar-refractivity contribution in [2.45, 2.75) is 13.1 Å². The fourth-order valence-electron chi connectivity index (χ4n) is 8.64. The van der Waals surface area contributed by atoms with Crippen molar-refractivity contribution in [3.63, 3.8) is 0 Å². The molecule has 0 saturated carbocycles. The van der Waals surface area contributed by atoms with Gasteiger partial charge in [0.05, 0.1) is 10.4 Å². The monoisotopic (exact) mass is 715 g/mol. The van der Waals surface area contributed by atoms with Crippen molar-refractivity contribution < 1.29 is 0 Å². The van der Waals surface area contributed by atoms with Gasteiger partial charge in [0, 0.05) is 47.0 Å². The first-order chi connectivity index (χ1) is 25.5. The Bertz CT molecular complexity index is 3060. The molecule has 4 heteroatoms. The van der Waals surface area contributed by atoms with E-state index in [4.69, 9.17) is 0 Å². The maximum Gasteiger partial charge on any atom is 0.114 e.